The Morgan fingerprint density at radius 2 is 1.53 bits per heavy atom. The van der Waals surface area contributed by atoms with Crippen LogP contribution in [-0.2, 0) is 28.6 Å². The second kappa shape index (κ2) is 16.3. The quantitative estimate of drug-likeness (QED) is 0.215. The van der Waals surface area contributed by atoms with Gasteiger partial charge in [0.1, 0.15) is 6.10 Å². The molecule has 0 spiro atoms. The van der Waals surface area contributed by atoms with Crippen LogP contribution < -0.4 is 0 Å². The van der Waals surface area contributed by atoms with Gasteiger partial charge in [0.25, 0.3) is 0 Å². The zero-order valence-electron chi connectivity index (χ0n) is 21.2. The third-order valence-electron chi connectivity index (χ3n) is 7.30. The number of esters is 2. The van der Waals surface area contributed by atoms with E-state index in [1.54, 1.807) is 13.8 Å². The molecule has 2 rings (SSSR count). The number of hydrogen-bond donors (Lipinski definition) is 1. The molecule has 1 N–H and O–H groups in total. The van der Waals surface area contributed by atoms with Crippen molar-refractivity contribution < 1.29 is 33.7 Å². The number of ether oxygens (including phenoxy) is 3. The molecule has 1 saturated carbocycles. The zero-order chi connectivity index (χ0) is 25.9. The van der Waals surface area contributed by atoms with Crippen LogP contribution in [0.1, 0.15) is 116 Å². The van der Waals surface area contributed by atoms with Crippen LogP contribution in [0.5, 0.6) is 0 Å². The van der Waals surface area contributed by atoms with Crippen molar-refractivity contribution in [2.24, 2.45) is 23.2 Å². The summed E-state index contributed by atoms with van der Waals surface area (Å²) in [6, 6.07) is 0. The fourth-order valence-corrected chi connectivity index (χ4v) is 5.45. The molecule has 1 saturated heterocycles. The minimum Gasteiger partial charge on any atom is -0.480 e. The first kappa shape index (κ1) is 41.4. The number of carboxylic acid groups (broad SMARTS) is 1. The van der Waals surface area contributed by atoms with E-state index in [2.05, 4.69) is 20.8 Å². The number of carbonyl (C=O) groups is 3. The fraction of sp³-hybridized carbons (Fsp3) is 0.897. The molecule has 7 nitrogen and oxygen atoms in total. The molecule has 1 aliphatic heterocycles. The Morgan fingerprint density at radius 1 is 0.947 bits per heavy atom. The van der Waals surface area contributed by atoms with E-state index >= 15 is 0 Å². The van der Waals surface area contributed by atoms with E-state index in [1.165, 1.54) is 6.92 Å². The summed E-state index contributed by atoms with van der Waals surface area (Å²) in [5.74, 6) is -2.26. The van der Waals surface area contributed by atoms with E-state index in [0.717, 1.165) is 25.7 Å². The van der Waals surface area contributed by atoms with E-state index in [0.29, 0.717) is 25.4 Å². The minimum atomic E-state index is -2.22. The molecule has 0 aromatic heterocycles. The van der Waals surface area contributed by atoms with Crippen LogP contribution >= 0.6 is 23.2 Å². The van der Waals surface area contributed by atoms with Crippen LogP contribution in [0.4, 0.5) is 0 Å². The molecule has 228 valence electrons. The van der Waals surface area contributed by atoms with Gasteiger partial charge in [-0.25, -0.2) is 0 Å². The molecule has 0 radical (unpaired) electrons. The highest BCUT2D eigenvalue weighted by molar-refractivity contribution is 6.47. The lowest BCUT2D eigenvalue weighted by molar-refractivity contribution is -0.197. The Kier molecular flexibility index (Phi) is 17.7. The predicted molar refractivity (Wildman–Crippen MR) is 157 cm³/mol. The SMILES string of the molecule is C.C.C.C.CC1CCC(C(C)C)C(OC(=O)C(Cl)(CC(C)(C)C(=O)OC2CCCCO2)C(C)(Cl)C(=O)O)C1. The first-order valence-electron chi connectivity index (χ1n) is 12.3. The summed E-state index contributed by atoms with van der Waals surface area (Å²) >= 11 is 13.2. The van der Waals surface area contributed by atoms with Crippen LogP contribution in [0.25, 0.3) is 0 Å². The topological polar surface area (TPSA) is 99.1 Å². The van der Waals surface area contributed by atoms with Gasteiger partial charge in [-0.15, -0.1) is 23.2 Å². The monoisotopic (exact) mass is 586 g/mol. The molecule has 0 aromatic rings. The van der Waals surface area contributed by atoms with Gasteiger partial charge in [-0.3, -0.25) is 14.4 Å². The Labute approximate surface area is 242 Å². The highest BCUT2D eigenvalue weighted by atomic mass is 35.5. The second-order valence-electron chi connectivity index (χ2n) is 11.1. The van der Waals surface area contributed by atoms with Gasteiger partial charge in [-0.1, -0.05) is 56.9 Å². The van der Waals surface area contributed by atoms with Crippen LogP contribution in [0.2, 0.25) is 0 Å². The number of hydrogen-bond acceptors (Lipinski definition) is 6. The van der Waals surface area contributed by atoms with E-state index in [4.69, 9.17) is 37.4 Å². The van der Waals surface area contributed by atoms with E-state index in [1.807, 2.05) is 0 Å². The van der Waals surface area contributed by atoms with Crippen molar-refractivity contribution in [3.05, 3.63) is 0 Å². The maximum absolute atomic E-state index is 13.6. The average molecular weight is 588 g/mol. The van der Waals surface area contributed by atoms with E-state index in [-0.39, 0.29) is 48.0 Å². The molecule has 0 aromatic carbocycles. The zero-order valence-corrected chi connectivity index (χ0v) is 22.7. The van der Waals surface area contributed by atoms with Crippen LogP contribution in [0.15, 0.2) is 0 Å². The lowest BCUT2D eigenvalue weighted by Gasteiger charge is -2.42. The summed E-state index contributed by atoms with van der Waals surface area (Å²) in [6.45, 7) is 11.0. The fourth-order valence-electron chi connectivity index (χ4n) is 4.84. The van der Waals surface area contributed by atoms with Crippen molar-refractivity contribution in [3.63, 3.8) is 0 Å². The van der Waals surface area contributed by atoms with Crippen LogP contribution in [0, 0.1) is 23.2 Å². The summed E-state index contributed by atoms with van der Waals surface area (Å²) < 4.78 is 16.9. The second-order valence-corrected chi connectivity index (χ2v) is 12.5. The largest absolute Gasteiger partial charge is 0.480 e. The number of alkyl halides is 2. The smallest absolute Gasteiger partial charge is 0.329 e. The Balaban J connectivity index is -0.00000306. The summed E-state index contributed by atoms with van der Waals surface area (Å²) in [5.41, 5.74) is -1.33. The Bertz CT molecular complexity index is 747. The van der Waals surface area contributed by atoms with Gasteiger partial charge in [-0.2, -0.15) is 0 Å². The normalized spacial score (nSPS) is 26.4. The number of aliphatic carboxylic acids is 1. The molecule has 0 amide bonds. The van der Waals surface area contributed by atoms with Crippen molar-refractivity contribution in [1.29, 1.82) is 0 Å². The van der Waals surface area contributed by atoms with Gasteiger partial charge >= 0.3 is 17.9 Å². The van der Waals surface area contributed by atoms with E-state index in [9.17, 15) is 19.5 Å². The van der Waals surface area contributed by atoms with Crippen LogP contribution in [0.3, 0.4) is 0 Å². The lowest BCUT2D eigenvalue weighted by Crippen LogP contribution is -2.59. The maximum Gasteiger partial charge on any atom is 0.329 e. The molecular formula is C29H56Cl2O7. The van der Waals surface area contributed by atoms with Gasteiger partial charge in [0.2, 0.25) is 6.29 Å². The standard InChI is InChI=1S/C25H40Cl2O7.4CH4/c1-15(2)17-11-10-16(3)13-18(17)33-22(31)25(27,24(6,26)20(28)29)14-23(4,5)21(30)34-19-9-7-8-12-32-19;;;;/h15-19H,7-14H2,1-6H3,(H,28,29);4*1H4. The van der Waals surface area contributed by atoms with Crippen molar-refractivity contribution in [3.8, 4) is 0 Å². The molecule has 38 heavy (non-hydrogen) atoms. The van der Waals surface area contributed by atoms with Gasteiger partial charge in [0.05, 0.1) is 12.0 Å². The van der Waals surface area contributed by atoms with Crippen molar-refractivity contribution in [1.82, 2.24) is 0 Å². The molecule has 2 aliphatic rings. The van der Waals surface area contributed by atoms with Gasteiger partial charge in [0, 0.05) is 6.42 Å². The van der Waals surface area contributed by atoms with E-state index < -0.39 is 45.5 Å². The van der Waals surface area contributed by atoms with Gasteiger partial charge in [-0.05, 0) is 70.6 Å². The summed E-state index contributed by atoms with van der Waals surface area (Å²) in [7, 11) is 0. The van der Waals surface area contributed by atoms with Crippen molar-refractivity contribution in [2.45, 2.75) is 138 Å². The summed E-state index contributed by atoms with van der Waals surface area (Å²) in [6.07, 6.45) is 3.50. The number of rotatable bonds is 9. The highest BCUT2D eigenvalue weighted by Crippen LogP contribution is 2.47. The minimum absolute atomic E-state index is 0. The third-order valence-corrected chi connectivity index (χ3v) is 8.55. The first-order chi connectivity index (χ1) is 15.6. The molecule has 6 atom stereocenters. The molecular weight excluding hydrogens is 531 g/mol. The molecule has 1 heterocycles. The first-order valence-corrected chi connectivity index (χ1v) is 13.0. The highest BCUT2D eigenvalue weighted by Gasteiger charge is 2.61. The van der Waals surface area contributed by atoms with Crippen LogP contribution in [-0.4, -0.2) is 51.8 Å². The van der Waals surface area contributed by atoms with Crippen molar-refractivity contribution in [2.75, 3.05) is 6.61 Å². The predicted octanol–water partition coefficient (Wildman–Crippen LogP) is 8.08. The molecule has 1 aliphatic carbocycles. The molecule has 0 bridgehead atoms. The third kappa shape index (κ3) is 9.55. The average Bonchev–Trinajstić information content (AvgIpc) is 2.73. The molecule has 9 heteroatoms. The summed E-state index contributed by atoms with van der Waals surface area (Å²) in [5, 5.41) is 9.85. The molecule has 6 unspecified atom stereocenters. The van der Waals surface area contributed by atoms with Crippen molar-refractivity contribution >= 4 is 41.1 Å². The Morgan fingerprint density at radius 3 is 2.00 bits per heavy atom. The van der Waals surface area contributed by atoms with Gasteiger partial charge < -0.3 is 19.3 Å². The number of carbonyl (C=O) groups excluding carboxylic acids is 2. The lowest BCUT2D eigenvalue weighted by atomic mass is 9.74. The van der Waals surface area contributed by atoms with Gasteiger partial charge in [0.15, 0.2) is 9.75 Å². The molecule has 2 fully saturated rings. The summed E-state index contributed by atoms with van der Waals surface area (Å²) in [4.78, 5) is 34.2. The number of carboxylic acids is 1. The maximum atomic E-state index is 13.6. The Hall–Kier alpha value is -1.05. The number of halogens is 2.